The number of hydrogen-bond donors (Lipinski definition) is 0. The van der Waals surface area contributed by atoms with Crippen LogP contribution in [0, 0.1) is 10.5 Å². The third-order valence-corrected chi connectivity index (χ3v) is 4.09. The van der Waals surface area contributed by atoms with Crippen LogP contribution in [0.25, 0.3) is 0 Å². The molecular weight excluding hydrogens is 325 g/mol. The van der Waals surface area contributed by atoms with Gasteiger partial charge in [0, 0.05) is 13.2 Å². The lowest BCUT2D eigenvalue weighted by Crippen LogP contribution is -1.94. The van der Waals surface area contributed by atoms with Crippen molar-refractivity contribution in [3.05, 3.63) is 21.9 Å². The van der Waals surface area contributed by atoms with E-state index >= 15 is 0 Å². The van der Waals surface area contributed by atoms with Crippen molar-refractivity contribution in [2.45, 2.75) is 17.1 Å². The molecule has 0 amide bonds. The van der Waals surface area contributed by atoms with Gasteiger partial charge in [0.2, 0.25) is 0 Å². The Labute approximate surface area is 105 Å². The maximum Gasteiger partial charge on any atom is 0.197 e. The van der Waals surface area contributed by atoms with Crippen LogP contribution >= 0.6 is 34.4 Å². The lowest BCUT2D eigenvalue weighted by molar-refractivity contribution is 0.764. The SMILES string of the molecule is Cc1nnc(Sc2ncncc2I)n1C. The van der Waals surface area contributed by atoms with Crippen molar-refractivity contribution in [2.24, 2.45) is 7.05 Å². The highest BCUT2D eigenvalue weighted by Crippen LogP contribution is 2.27. The minimum atomic E-state index is 0.837. The highest BCUT2D eigenvalue weighted by Gasteiger charge is 2.09. The van der Waals surface area contributed by atoms with E-state index in [1.165, 1.54) is 18.1 Å². The molecule has 0 spiro atoms. The maximum absolute atomic E-state index is 4.19. The van der Waals surface area contributed by atoms with Crippen molar-refractivity contribution >= 4 is 34.4 Å². The molecule has 0 fully saturated rings. The first kappa shape index (κ1) is 10.8. The average Bonchev–Trinajstić information content (AvgIpc) is 2.53. The number of hydrogen-bond acceptors (Lipinski definition) is 5. The molecule has 0 bridgehead atoms. The molecule has 0 saturated carbocycles. The minimum absolute atomic E-state index is 0.837. The first-order valence-electron chi connectivity index (χ1n) is 4.18. The molecule has 7 heteroatoms. The lowest BCUT2D eigenvalue weighted by atomic mass is 10.7. The molecule has 2 heterocycles. The topological polar surface area (TPSA) is 56.5 Å². The Balaban J connectivity index is 2.30. The van der Waals surface area contributed by atoms with E-state index in [4.69, 9.17) is 0 Å². The molecule has 2 aromatic rings. The monoisotopic (exact) mass is 333 g/mol. The predicted octanol–water partition coefficient (Wildman–Crippen LogP) is 1.67. The van der Waals surface area contributed by atoms with E-state index in [1.807, 2.05) is 18.5 Å². The van der Waals surface area contributed by atoms with Crippen molar-refractivity contribution in [3.63, 3.8) is 0 Å². The van der Waals surface area contributed by atoms with Crippen LogP contribution < -0.4 is 0 Å². The Kier molecular flexibility index (Phi) is 3.19. The summed E-state index contributed by atoms with van der Waals surface area (Å²) in [6.07, 6.45) is 3.31. The summed E-state index contributed by atoms with van der Waals surface area (Å²) in [5.74, 6) is 0.890. The van der Waals surface area contributed by atoms with Gasteiger partial charge in [-0.15, -0.1) is 10.2 Å². The summed E-state index contributed by atoms with van der Waals surface area (Å²) in [7, 11) is 1.94. The molecule has 0 aromatic carbocycles. The van der Waals surface area contributed by atoms with Crippen LogP contribution in [-0.4, -0.2) is 24.7 Å². The second-order valence-electron chi connectivity index (χ2n) is 2.87. The first-order valence-corrected chi connectivity index (χ1v) is 6.07. The van der Waals surface area contributed by atoms with Gasteiger partial charge in [-0.1, -0.05) is 0 Å². The van der Waals surface area contributed by atoms with Crippen molar-refractivity contribution in [1.29, 1.82) is 0 Å². The Bertz CT molecular complexity index is 484. The van der Waals surface area contributed by atoms with Crippen LogP contribution in [0.3, 0.4) is 0 Å². The van der Waals surface area contributed by atoms with Crippen LogP contribution in [-0.2, 0) is 7.05 Å². The van der Waals surface area contributed by atoms with Gasteiger partial charge >= 0.3 is 0 Å². The van der Waals surface area contributed by atoms with E-state index in [9.17, 15) is 0 Å². The highest BCUT2D eigenvalue weighted by molar-refractivity contribution is 14.1. The number of halogens is 1. The molecule has 0 atom stereocenters. The van der Waals surface area contributed by atoms with Crippen LogP contribution in [0.4, 0.5) is 0 Å². The molecule has 0 unspecified atom stereocenters. The van der Waals surface area contributed by atoms with Gasteiger partial charge in [0.15, 0.2) is 5.16 Å². The van der Waals surface area contributed by atoms with Gasteiger partial charge in [-0.25, -0.2) is 9.97 Å². The third kappa shape index (κ3) is 2.28. The normalized spacial score (nSPS) is 10.6. The summed E-state index contributed by atoms with van der Waals surface area (Å²) < 4.78 is 2.95. The molecule has 78 valence electrons. The largest absolute Gasteiger partial charge is 0.309 e. The van der Waals surface area contributed by atoms with Gasteiger partial charge in [0.1, 0.15) is 17.2 Å². The Morgan fingerprint density at radius 3 is 2.80 bits per heavy atom. The van der Waals surface area contributed by atoms with Crippen molar-refractivity contribution in [2.75, 3.05) is 0 Å². The summed E-state index contributed by atoms with van der Waals surface area (Å²) >= 11 is 3.69. The zero-order chi connectivity index (χ0) is 10.8. The summed E-state index contributed by atoms with van der Waals surface area (Å²) in [4.78, 5) is 8.13. The van der Waals surface area contributed by atoms with E-state index in [1.54, 1.807) is 6.20 Å². The summed E-state index contributed by atoms with van der Waals surface area (Å²) in [5.41, 5.74) is 0. The molecule has 0 radical (unpaired) electrons. The highest BCUT2D eigenvalue weighted by atomic mass is 127. The summed E-state index contributed by atoms with van der Waals surface area (Å²) in [5, 5.41) is 9.79. The minimum Gasteiger partial charge on any atom is -0.309 e. The van der Waals surface area contributed by atoms with Crippen LogP contribution in [0.2, 0.25) is 0 Å². The molecule has 2 rings (SSSR count). The average molecular weight is 333 g/mol. The second kappa shape index (κ2) is 4.44. The molecule has 2 aromatic heterocycles. The molecule has 15 heavy (non-hydrogen) atoms. The van der Waals surface area contributed by atoms with Gasteiger partial charge in [-0.2, -0.15) is 0 Å². The summed E-state index contributed by atoms with van der Waals surface area (Å²) in [6.45, 7) is 1.92. The Morgan fingerprint density at radius 1 is 1.40 bits per heavy atom. The lowest BCUT2D eigenvalue weighted by Gasteiger charge is -2.01. The van der Waals surface area contributed by atoms with E-state index in [0.29, 0.717) is 0 Å². The van der Waals surface area contributed by atoms with Gasteiger partial charge in [-0.3, -0.25) is 0 Å². The quantitative estimate of drug-likeness (QED) is 0.618. The molecule has 0 aliphatic rings. The second-order valence-corrected chi connectivity index (χ2v) is 4.98. The zero-order valence-electron chi connectivity index (χ0n) is 8.18. The number of aryl methyl sites for hydroxylation is 1. The Morgan fingerprint density at radius 2 is 2.20 bits per heavy atom. The number of aromatic nitrogens is 5. The van der Waals surface area contributed by atoms with Crippen molar-refractivity contribution in [3.8, 4) is 0 Å². The summed E-state index contributed by atoms with van der Waals surface area (Å²) in [6, 6.07) is 0. The van der Waals surface area contributed by atoms with Gasteiger partial charge < -0.3 is 4.57 Å². The molecular formula is C8H8IN5S. The van der Waals surface area contributed by atoms with E-state index in [-0.39, 0.29) is 0 Å². The van der Waals surface area contributed by atoms with Gasteiger partial charge in [-0.05, 0) is 41.3 Å². The zero-order valence-corrected chi connectivity index (χ0v) is 11.2. The molecule has 0 saturated heterocycles. The third-order valence-electron chi connectivity index (χ3n) is 1.87. The molecule has 5 nitrogen and oxygen atoms in total. The fourth-order valence-corrected chi connectivity index (χ4v) is 2.34. The molecule has 0 aliphatic heterocycles. The van der Waals surface area contributed by atoms with Crippen LogP contribution in [0.5, 0.6) is 0 Å². The number of nitrogens with zero attached hydrogens (tertiary/aromatic N) is 5. The molecule has 0 N–H and O–H groups in total. The fraction of sp³-hybridized carbons (Fsp3) is 0.250. The van der Waals surface area contributed by atoms with E-state index < -0.39 is 0 Å². The van der Waals surface area contributed by atoms with E-state index in [0.717, 1.165) is 19.6 Å². The standard InChI is InChI=1S/C8H8IN5S/c1-5-12-13-8(14(5)2)15-7-6(9)3-10-4-11-7/h3-4H,1-2H3. The number of rotatable bonds is 2. The maximum atomic E-state index is 4.19. The van der Waals surface area contributed by atoms with Crippen molar-refractivity contribution < 1.29 is 0 Å². The van der Waals surface area contributed by atoms with Gasteiger partial charge in [0.25, 0.3) is 0 Å². The van der Waals surface area contributed by atoms with Crippen LogP contribution in [0.15, 0.2) is 22.7 Å². The predicted molar refractivity (Wildman–Crippen MR) is 64.6 cm³/mol. The smallest absolute Gasteiger partial charge is 0.197 e. The Hall–Kier alpha value is -0.700. The van der Waals surface area contributed by atoms with Crippen molar-refractivity contribution in [1.82, 2.24) is 24.7 Å². The first-order chi connectivity index (χ1) is 7.18. The van der Waals surface area contributed by atoms with Gasteiger partial charge in [0.05, 0.1) is 3.57 Å². The molecule has 0 aliphatic carbocycles. The fourth-order valence-electron chi connectivity index (χ4n) is 0.940. The van der Waals surface area contributed by atoms with Crippen LogP contribution in [0.1, 0.15) is 5.82 Å². The van der Waals surface area contributed by atoms with E-state index in [2.05, 4.69) is 42.8 Å².